The summed E-state index contributed by atoms with van der Waals surface area (Å²) >= 11 is 0. The average molecular weight is 192 g/mol. The van der Waals surface area contributed by atoms with Gasteiger partial charge in [0.1, 0.15) is 11.9 Å². The van der Waals surface area contributed by atoms with E-state index in [4.69, 9.17) is 9.84 Å². The van der Waals surface area contributed by atoms with E-state index in [-0.39, 0.29) is 11.7 Å². The molecule has 0 radical (unpaired) electrons. The summed E-state index contributed by atoms with van der Waals surface area (Å²) < 4.78 is 5.55. The number of carboxylic acids is 1. The molecule has 0 bridgehead atoms. The molecule has 3 heteroatoms. The molecule has 0 aliphatic carbocycles. The molecule has 2 unspecified atom stereocenters. The molecule has 1 aliphatic rings. The van der Waals surface area contributed by atoms with Crippen LogP contribution in [-0.4, -0.2) is 17.2 Å². The summed E-state index contributed by atoms with van der Waals surface area (Å²) in [6, 6.07) is 5.06. The molecule has 1 N–H and O–H groups in total. The number of carboxylic acid groups (broad SMARTS) is 1. The Morgan fingerprint density at radius 3 is 2.79 bits per heavy atom. The first-order valence-corrected chi connectivity index (χ1v) is 4.63. The molecule has 2 rings (SSSR count). The van der Waals surface area contributed by atoms with E-state index in [0.717, 1.165) is 5.56 Å². The number of aromatic carboxylic acids is 1. The van der Waals surface area contributed by atoms with Crippen LogP contribution >= 0.6 is 0 Å². The molecule has 1 aromatic carbocycles. The molecule has 3 nitrogen and oxygen atoms in total. The van der Waals surface area contributed by atoms with Crippen LogP contribution in [0.2, 0.25) is 0 Å². The molecule has 1 aromatic rings. The second-order valence-electron chi connectivity index (χ2n) is 3.67. The molecular formula is C11H12O3. The van der Waals surface area contributed by atoms with Crippen molar-refractivity contribution in [1.82, 2.24) is 0 Å². The predicted octanol–water partition coefficient (Wildman–Crippen LogP) is 2.27. The Kier molecular flexibility index (Phi) is 1.95. The van der Waals surface area contributed by atoms with E-state index in [1.165, 1.54) is 0 Å². The molecule has 0 spiro atoms. The lowest BCUT2D eigenvalue weighted by Crippen LogP contribution is -2.10. The van der Waals surface area contributed by atoms with Gasteiger partial charge in [0.15, 0.2) is 0 Å². The van der Waals surface area contributed by atoms with Gasteiger partial charge in [0.2, 0.25) is 0 Å². The zero-order valence-corrected chi connectivity index (χ0v) is 8.15. The maximum absolute atomic E-state index is 10.7. The standard InChI is InChI=1S/C11H12O3/c1-6-7(2)14-10-5-8(11(12)13)3-4-9(6)10/h3-7H,1-2H3,(H,12,13). The molecule has 0 aromatic heterocycles. The Hall–Kier alpha value is -1.51. The number of benzene rings is 1. The van der Waals surface area contributed by atoms with Crippen molar-refractivity contribution in [3.05, 3.63) is 29.3 Å². The lowest BCUT2D eigenvalue weighted by Gasteiger charge is -2.06. The van der Waals surface area contributed by atoms with E-state index in [1.54, 1.807) is 12.1 Å². The SMILES string of the molecule is CC1Oc2cc(C(=O)O)ccc2C1C. The summed E-state index contributed by atoms with van der Waals surface area (Å²) in [6.45, 7) is 4.07. The second-order valence-corrected chi connectivity index (χ2v) is 3.67. The van der Waals surface area contributed by atoms with Crippen molar-refractivity contribution in [1.29, 1.82) is 0 Å². The minimum atomic E-state index is -0.913. The van der Waals surface area contributed by atoms with Gasteiger partial charge in [-0.3, -0.25) is 0 Å². The van der Waals surface area contributed by atoms with Crippen LogP contribution in [0.25, 0.3) is 0 Å². The van der Waals surface area contributed by atoms with Crippen molar-refractivity contribution in [2.24, 2.45) is 0 Å². The van der Waals surface area contributed by atoms with Gasteiger partial charge in [0.05, 0.1) is 5.56 Å². The fraction of sp³-hybridized carbons (Fsp3) is 0.364. The number of fused-ring (bicyclic) bond motifs is 1. The van der Waals surface area contributed by atoms with Crippen LogP contribution in [0.3, 0.4) is 0 Å². The maximum Gasteiger partial charge on any atom is 0.335 e. The molecule has 14 heavy (non-hydrogen) atoms. The van der Waals surface area contributed by atoms with E-state index in [0.29, 0.717) is 11.7 Å². The van der Waals surface area contributed by atoms with Gasteiger partial charge >= 0.3 is 5.97 Å². The summed E-state index contributed by atoms with van der Waals surface area (Å²) in [4.78, 5) is 10.7. The van der Waals surface area contributed by atoms with Crippen molar-refractivity contribution in [3.63, 3.8) is 0 Å². The topological polar surface area (TPSA) is 46.5 Å². The van der Waals surface area contributed by atoms with E-state index in [2.05, 4.69) is 6.92 Å². The highest BCUT2D eigenvalue weighted by atomic mass is 16.5. The van der Waals surface area contributed by atoms with Gasteiger partial charge in [0.25, 0.3) is 0 Å². The van der Waals surface area contributed by atoms with E-state index in [1.807, 2.05) is 13.0 Å². The molecule has 2 atom stereocenters. The van der Waals surface area contributed by atoms with Crippen LogP contribution < -0.4 is 4.74 Å². The van der Waals surface area contributed by atoms with Gasteiger partial charge in [-0.05, 0) is 19.1 Å². The summed E-state index contributed by atoms with van der Waals surface area (Å²) in [7, 11) is 0. The molecule has 1 heterocycles. The lowest BCUT2D eigenvalue weighted by atomic mass is 9.98. The van der Waals surface area contributed by atoms with Gasteiger partial charge in [-0.1, -0.05) is 13.0 Å². The molecule has 74 valence electrons. The number of rotatable bonds is 1. The Morgan fingerprint density at radius 1 is 1.43 bits per heavy atom. The third-order valence-corrected chi connectivity index (χ3v) is 2.77. The van der Waals surface area contributed by atoms with Crippen LogP contribution in [0.15, 0.2) is 18.2 Å². The van der Waals surface area contributed by atoms with Crippen LogP contribution in [0.1, 0.15) is 35.7 Å². The molecular weight excluding hydrogens is 180 g/mol. The quantitative estimate of drug-likeness (QED) is 0.742. The van der Waals surface area contributed by atoms with Gasteiger partial charge in [-0.2, -0.15) is 0 Å². The summed E-state index contributed by atoms with van der Waals surface area (Å²) in [5.74, 6) is 0.140. The minimum absolute atomic E-state index is 0.133. The second kappa shape index (κ2) is 3.01. The lowest BCUT2D eigenvalue weighted by molar-refractivity contribution is 0.0696. The van der Waals surface area contributed by atoms with Gasteiger partial charge in [-0.15, -0.1) is 0 Å². The zero-order chi connectivity index (χ0) is 10.3. The number of ether oxygens (including phenoxy) is 1. The normalized spacial score (nSPS) is 24.1. The van der Waals surface area contributed by atoms with Gasteiger partial charge < -0.3 is 9.84 Å². The van der Waals surface area contributed by atoms with Crippen molar-refractivity contribution < 1.29 is 14.6 Å². The zero-order valence-electron chi connectivity index (χ0n) is 8.15. The monoisotopic (exact) mass is 192 g/mol. The van der Waals surface area contributed by atoms with Crippen LogP contribution in [-0.2, 0) is 0 Å². The Labute approximate surface area is 82.3 Å². The first kappa shape index (κ1) is 9.06. The number of carbonyl (C=O) groups is 1. The number of hydrogen-bond acceptors (Lipinski definition) is 2. The average Bonchev–Trinajstić information content (AvgIpc) is 2.42. The predicted molar refractivity (Wildman–Crippen MR) is 51.9 cm³/mol. The van der Waals surface area contributed by atoms with E-state index in [9.17, 15) is 4.79 Å². The highest BCUT2D eigenvalue weighted by molar-refractivity contribution is 5.88. The Morgan fingerprint density at radius 2 is 2.14 bits per heavy atom. The van der Waals surface area contributed by atoms with Crippen LogP contribution in [0.4, 0.5) is 0 Å². The minimum Gasteiger partial charge on any atom is -0.490 e. The Balaban J connectivity index is 2.44. The fourth-order valence-electron chi connectivity index (χ4n) is 1.70. The molecule has 0 fully saturated rings. The van der Waals surface area contributed by atoms with Gasteiger partial charge in [0, 0.05) is 11.5 Å². The molecule has 0 amide bonds. The number of hydrogen-bond donors (Lipinski definition) is 1. The third kappa shape index (κ3) is 1.25. The molecule has 0 saturated carbocycles. The van der Waals surface area contributed by atoms with Crippen molar-refractivity contribution in [2.75, 3.05) is 0 Å². The highest BCUT2D eigenvalue weighted by Gasteiger charge is 2.27. The van der Waals surface area contributed by atoms with Crippen molar-refractivity contribution in [3.8, 4) is 5.75 Å². The van der Waals surface area contributed by atoms with Gasteiger partial charge in [-0.25, -0.2) is 4.79 Å². The summed E-state index contributed by atoms with van der Waals surface area (Å²) in [5.41, 5.74) is 1.38. The first-order valence-electron chi connectivity index (χ1n) is 4.63. The summed E-state index contributed by atoms with van der Waals surface area (Å²) in [6.07, 6.45) is 0.133. The Bertz CT molecular complexity index is 384. The first-order chi connectivity index (χ1) is 6.59. The largest absolute Gasteiger partial charge is 0.490 e. The highest BCUT2D eigenvalue weighted by Crippen LogP contribution is 2.38. The van der Waals surface area contributed by atoms with Crippen LogP contribution in [0, 0.1) is 0 Å². The maximum atomic E-state index is 10.7. The third-order valence-electron chi connectivity index (χ3n) is 2.77. The molecule has 1 aliphatic heterocycles. The van der Waals surface area contributed by atoms with Crippen molar-refractivity contribution in [2.45, 2.75) is 25.9 Å². The van der Waals surface area contributed by atoms with Crippen molar-refractivity contribution >= 4 is 5.97 Å². The smallest absolute Gasteiger partial charge is 0.335 e. The summed E-state index contributed by atoms with van der Waals surface area (Å²) in [5, 5.41) is 8.79. The molecule has 0 saturated heterocycles. The van der Waals surface area contributed by atoms with E-state index >= 15 is 0 Å². The fourth-order valence-corrected chi connectivity index (χ4v) is 1.70. The van der Waals surface area contributed by atoms with Crippen LogP contribution in [0.5, 0.6) is 5.75 Å². The van der Waals surface area contributed by atoms with E-state index < -0.39 is 5.97 Å².